The highest BCUT2D eigenvalue weighted by Crippen LogP contribution is 2.33. The van der Waals surface area contributed by atoms with E-state index in [2.05, 4.69) is 5.32 Å². The van der Waals surface area contributed by atoms with E-state index in [0.717, 1.165) is 5.39 Å². The highest BCUT2D eigenvalue weighted by Gasteiger charge is 2.43. The fourth-order valence-electron chi connectivity index (χ4n) is 5.05. The van der Waals surface area contributed by atoms with Crippen molar-refractivity contribution in [1.82, 2.24) is 15.1 Å². The van der Waals surface area contributed by atoms with Gasteiger partial charge in [0.05, 0.1) is 38.0 Å². The second-order valence-electron chi connectivity index (χ2n) is 10.8. The molecule has 2 saturated heterocycles. The molecule has 1 unspecified atom stereocenters. The predicted molar refractivity (Wildman–Crippen MR) is 144 cm³/mol. The van der Waals surface area contributed by atoms with Gasteiger partial charge in [-0.15, -0.1) is 0 Å². The topological polar surface area (TPSA) is 148 Å². The number of carbonyl (C=O) groups is 2. The zero-order valence-electron chi connectivity index (χ0n) is 22.9. The molecule has 2 atom stereocenters. The number of nitrogens with one attached hydrogen (secondary N) is 1. The first kappa shape index (κ1) is 30.5. The van der Waals surface area contributed by atoms with Crippen LogP contribution >= 0.6 is 0 Å². The van der Waals surface area contributed by atoms with Crippen LogP contribution in [0.3, 0.4) is 0 Å². The minimum Gasteiger partial charge on any atom is -0.464 e. The van der Waals surface area contributed by atoms with E-state index in [9.17, 15) is 33.7 Å². The maximum absolute atomic E-state index is 13.8. The van der Waals surface area contributed by atoms with Crippen LogP contribution in [0.1, 0.15) is 25.8 Å². The maximum Gasteiger partial charge on any atom is 0.475 e. The van der Waals surface area contributed by atoms with Crippen molar-refractivity contribution < 1.29 is 42.3 Å². The van der Waals surface area contributed by atoms with Crippen molar-refractivity contribution in [3.63, 3.8) is 0 Å². The molecule has 41 heavy (non-hydrogen) atoms. The number of amides is 2. The molecule has 4 rings (SSSR count). The first-order valence-corrected chi connectivity index (χ1v) is 13.3. The lowest BCUT2D eigenvalue weighted by atomic mass is 9.76. The van der Waals surface area contributed by atoms with E-state index in [1.807, 2.05) is 18.2 Å². The number of halogens is 2. The van der Waals surface area contributed by atoms with Crippen molar-refractivity contribution in [1.29, 1.82) is 5.26 Å². The zero-order chi connectivity index (χ0) is 29.8. The summed E-state index contributed by atoms with van der Waals surface area (Å²) in [5.41, 5.74) is 0.0929. The van der Waals surface area contributed by atoms with Crippen molar-refractivity contribution in [3.05, 3.63) is 47.7 Å². The Morgan fingerprint density at radius 2 is 2.10 bits per heavy atom. The summed E-state index contributed by atoms with van der Waals surface area (Å²) >= 11 is 0. The van der Waals surface area contributed by atoms with Gasteiger partial charge in [0, 0.05) is 30.4 Å². The van der Waals surface area contributed by atoms with Crippen LogP contribution in [-0.4, -0.2) is 102 Å². The average molecular weight is 574 g/mol. The molecule has 1 aromatic heterocycles. The molecule has 3 heterocycles. The Bertz CT molecular complexity index is 1330. The van der Waals surface area contributed by atoms with Crippen molar-refractivity contribution in [2.24, 2.45) is 0 Å². The number of alkyl halides is 2. The fourth-order valence-corrected chi connectivity index (χ4v) is 5.05. The Kier molecular flexibility index (Phi) is 9.33. The van der Waals surface area contributed by atoms with E-state index < -0.39 is 49.1 Å². The van der Waals surface area contributed by atoms with Gasteiger partial charge >= 0.3 is 13.2 Å². The fraction of sp³-hybridized carbons (Fsp3) is 0.519. The molecule has 0 radical (unpaired) electrons. The number of para-hydroxylation sites is 1. The van der Waals surface area contributed by atoms with E-state index in [1.165, 1.54) is 22.1 Å². The third-order valence-corrected chi connectivity index (χ3v) is 7.39. The van der Waals surface area contributed by atoms with Crippen LogP contribution < -0.4 is 5.32 Å². The largest absolute Gasteiger partial charge is 0.475 e. The minimum absolute atomic E-state index is 0.0343. The normalized spacial score (nSPS) is 20.5. The molecule has 2 aliphatic heterocycles. The number of hydrogen-bond acceptors (Lipinski definition) is 9. The second-order valence-corrected chi connectivity index (χ2v) is 10.8. The monoisotopic (exact) mass is 574 g/mol. The molecule has 2 aliphatic rings. The van der Waals surface area contributed by atoms with E-state index in [-0.39, 0.29) is 51.3 Å². The minimum atomic E-state index is -2.83. The third-order valence-electron chi connectivity index (χ3n) is 7.39. The first-order valence-electron chi connectivity index (χ1n) is 13.3. The Labute approximate surface area is 236 Å². The molecule has 0 aliphatic carbocycles. The van der Waals surface area contributed by atoms with Gasteiger partial charge in [0.15, 0.2) is 0 Å². The smallest absolute Gasteiger partial charge is 0.464 e. The van der Waals surface area contributed by atoms with Gasteiger partial charge in [0.25, 0.3) is 11.8 Å². The number of morpholine rings is 1. The highest BCUT2D eigenvalue weighted by molar-refractivity contribution is 6.43. The Balaban J connectivity index is 1.38. The number of alkyl carbamates (subject to hydrolysis) is 1. The van der Waals surface area contributed by atoms with E-state index in [4.69, 9.17) is 13.9 Å². The summed E-state index contributed by atoms with van der Waals surface area (Å²) in [5.74, 6) is -4.57. The number of nitriles is 1. The zero-order valence-corrected chi connectivity index (χ0v) is 22.9. The number of hydrogen-bond donors (Lipinski definition) is 3. The van der Waals surface area contributed by atoms with Crippen LogP contribution in [0.2, 0.25) is 0 Å². The molecule has 2 aromatic rings. The molecular weight excluding hydrogens is 541 g/mol. The molecule has 2 fully saturated rings. The van der Waals surface area contributed by atoms with Crippen molar-refractivity contribution in [2.45, 2.75) is 50.1 Å². The molecule has 0 saturated carbocycles. The van der Waals surface area contributed by atoms with Crippen molar-refractivity contribution in [3.8, 4) is 6.07 Å². The van der Waals surface area contributed by atoms with Gasteiger partial charge in [-0.05, 0) is 38.0 Å². The standard InChI is InChI=1S/C27H33BF2N4O7/c1-26(2,33-8-7-27(29,30)17-33)12-19(13-31)24(35)34-9-10-39-15-20(34)16-41-25(36)32-23(28(37)38)11-18-14-40-22-6-4-3-5-21(18)22/h3-6,12,14,20,23,37-38H,7-11,15-17H2,1-2H3,(H,32,36)/t20?,23-/m0/s1. The molecule has 2 amide bonds. The lowest BCUT2D eigenvalue weighted by molar-refractivity contribution is -0.137. The van der Waals surface area contributed by atoms with Crippen LogP contribution in [0.4, 0.5) is 13.6 Å². The number of benzene rings is 1. The summed E-state index contributed by atoms with van der Waals surface area (Å²) < 4.78 is 43.8. The molecule has 0 spiro atoms. The molecule has 220 valence electrons. The summed E-state index contributed by atoms with van der Waals surface area (Å²) in [6.45, 7) is 3.07. The number of nitrogens with zero attached hydrogens (tertiary/aromatic N) is 3. The van der Waals surface area contributed by atoms with Gasteiger partial charge in [-0.1, -0.05) is 18.2 Å². The summed E-state index contributed by atoms with van der Waals surface area (Å²) in [6.07, 6.45) is 1.69. The van der Waals surface area contributed by atoms with Gasteiger partial charge < -0.3 is 34.2 Å². The number of furan rings is 1. The average Bonchev–Trinajstić information content (AvgIpc) is 3.53. The van der Waals surface area contributed by atoms with E-state index >= 15 is 0 Å². The summed E-state index contributed by atoms with van der Waals surface area (Å²) in [4.78, 5) is 28.8. The number of ether oxygens (including phenoxy) is 2. The van der Waals surface area contributed by atoms with Crippen LogP contribution in [0, 0.1) is 11.3 Å². The number of fused-ring (bicyclic) bond motifs is 1. The molecule has 0 bridgehead atoms. The molecular formula is C27H33BF2N4O7. The first-order chi connectivity index (χ1) is 19.4. The van der Waals surface area contributed by atoms with Crippen LogP contribution in [0.15, 0.2) is 46.6 Å². The SMILES string of the molecule is CC(C)(C=C(C#N)C(=O)N1CCOCC1COC(=O)N[C@@H](Cc1coc2ccccc12)B(O)O)N1CCC(F)(F)C1. The second kappa shape index (κ2) is 12.6. The van der Waals surface area contributed by atoms with Gasteiger partial charge in [-0.25, -0.2) is 13.6 Å². The van der Waals surface area contributed by atoms with Crippen molar-refractivity contribution in [2.75, 3.05) is 39.5 Å². The Morgan fingerprint density at radius 1 is 1.34 bits per heavy atom. The summed E-state index contributed by atoms with van der Waals surface area (Å²) in [5, 5.41) is 32.7. The lowest BCUT2D eigenvalue weighted by Crippen LogP contribution is -2.53. The number of rotatable bonds is 9. The Hall–Kier alpha value is -3.51. The van der Waals surface area contributed by atoms with Crippen molar-refractivity contribution >= 4 is 30.1 Å². The van der Waals surface area contributed by atoms with Gasteiger partial charge in [0.2, 0.25) is 0 Å². The van der Waals surface area contributed by atoms with Crippen LogP contribution in [-0.2, 0) is 20.7 Å². The number of carbonyl (C=O) groups excluding carboxylic acids is 2. The van der Waals surface area contributed by atoms with Crippen LogP contribution in [0.5, 0.6) is 0 Å². The third kappa shape index (κ3) is 7.42. The quantitative estimate of drug-likeness (QED) is 0.232. The predicted octanol–water partition coefficient (Wildman–Crippen LogP) is 1.88. The summed E-state index contributed by atoms with van der Waals surface area (Å²) in [6, 6.07) is 8.35. The molecule has 11 nitrogen and oxygen atoms in total. The molecule has 14 heteroatoms. The lowest BCUT2D eigenvalue weighted by Gasteiger charge is -2.36. The molecule has 3 N–H and O–H groups in total. The molecule has 1 aromatic carbocycles. The van der Waals surface area contributed by atoms with Gasteiger partial charge in [-0.3, -0.25) is 9.69 Å². The maximum atomic E-state index is 13.8. The van der Waals surface area contributed by atoms with Gasteiger partial charge in [-0.2, -0.15) is 5.26 Å². The van der Waals surface area contributed by atoms with Gasteiger partial charge in [0.1, 0.15) is 23.8 Å². The number of likely N-dealkylation sites (tertiary alicyclic amines) is 1. The van der Waals surface area contributed by atoms with E-state index in [1.54, 1.807) is 26.0 Å². The summed E-state index contributed by atoms with van der Waals surface area (Å²) in [7, 11) is -1.89. The van der Waals surface area contributed by atoms with E-state index in [0.29, 0.717) is 11.1 Å². The van der Waals surface area contributed by atoms with Crippen LogP contribution in [0.25, 0.3) is 11.0 Å². The Morgan fingerprint density at radius 3 is 2.78 bits per heavy atom. The highest BCUT2D eigenvalue weighted by atomic mass is 19.3.